The zero-order valence-corrected chi connectivity index (χ0v) is 12.2. The molecular formula is C15H18N2S. The molecule has 1 aromatic heterocycles. The van der Waals surface area contributed by atoms with Gasteiger partial charge >= 0.3 is 0 Å². The molecule has 2 rings (SSSR count). The molecule has 18 heavy (non-hydrogen) atoms. The van der Waals surface area contributed by atoms with Gasteiger partial charge in [0.05, 0.1) is 11.4 Å². The van der Waals surface area contributed by atoms with Crippen LogP contribution in [0.1, 0.15) is 28.2 Å². The highest BCUT2D eigenvalue weighted by atomic mass is 32.1. The van der Waals surface area contributed by atoms with Gasteiger partial charge in [-0.3, -0.25) is 0 Å². The first-order chi connectivity index (χ1) is 8.52. The number of thiol groups is 1. The highest BCUT2D eigenvalue weighted by molar-refractivity contribution is 7.79. The topological polar surface area (TPSA) is 25.8 Å². The van der Waals surface area contributed by atoms with Crippen molar-refractivity contribution in [2.24, 2.45) is 0 Å². The number of hydrogen-bond donors (Lipinski definition) is 1. The Hall–Kier alpha value is -1.35. The minimum atomic E-state index is 0.568. The van der Waals surface area contributed by atoms with E-state index in [0.717, 1.165) is 17.2 Å². The van der Waals surface area contributed by atoms with Crippen LogP contribution in [-0.4, -0.2) is 9.97 Å². The van der Waals surface area contributed by atoms with Gasteiger partial charge in [0.1, 0.15) is 5.82 Å². The maximum atomic E-state index is 4.57. The van der Waals surface area contributed by atoms with Crippen molar-refractivity contribution in [2.75, 3.05) is 0 Å². The van der Waals surface area contributed by atoms with Crippen LogP contribution < -0.4 is 0 Å². The molecule has 0 aliphatic heterocycles. The van der Waals surface area contributed by atoms with Crippen LogP contribution >= 0.6 is 12.6 Å². The van der Waals surface area contributed by atoms with Crippen LogP contribution in [0, 0.1) is 27.7 Å². The van der Waals surface area contributed by atoms with E-state index in [-0.39, 0.29) is 0 Å². The monoisotopic (exact) mass is 258 g/mol. The molecule has 0 fully saturated rings. The highest BCUT2D eigenvalue weighted by Gasteiger charge is 2.09. The van der Waals surface area contributed by atoms with Crippen molar-refractivity contribution in [3.05, 3.63) is 46.4 Å². The summed E-state index contributed by atoms with van der Waals surface area (Å²) in [6.07, 6.45) is 0. The van der Waals surface area contributed by atoms with Crippen molar-refractivity contribution in [3.63, 3.8) is 0 Å². The summed E-state index contributed by atoms with van der Waals surface area (Å²) in [6.45, 7) is 8.43. The van der Waals surface area contributed by atoms with Gasteiger partial charge in [-0.25, -0.2) is 9.97 Å². The van der Waals surface area contributed by atoms with Gasteiger partial charge < -0.3 is 0 Å². The lowest BCUT2D eigenvalue weighted by Gasteiger charge is -2.12. The molecule has 0 N–H and O–H groups in total. The second kappa shape index (κ2) is 5.11. The fourth-order valence-corrected chi connectivity index (χ4v) is 2.21. The van der Waals surface area contributed by atoms with Gasteiger partial charge in [0, 0.05) is 11.3 Å². The Morgan fingerprint density at radius 1 is 1.00 bits per heavy atom. The van der Waals surface area contributed by atoms with Gasteiger partial charge in [-0.2, -0.15) is 12.6 Å². The average molecular weight is 258 g/mol. The van der Waals surface area contributed by atoms with Crippen molar-refractivity contribution >= 4 is 12.6 Å². The molecule has 2 aromatic rings. The minimum Gasteiger partial charge on any atom is -0.237 e. The Morgan fingerprint density at radius 3 is 2.39 bits per heavy atom. The Bertz CT molecular complexity index is 591. The van der Waals surface area contributed by atoms with Crippen LogP contribution in [0.15, 0.2) is 18.2 Å². The lowest BCUT2D eigenvalue weighted by molar-refractivity contribution is 1.00. The Morgan fingerprint density at radius 2 is 1.72 bits per heavy atom. The molecule has 0 aliphatic carbocycles. The molecule has 0 radical (unpaired) electrons. The molecule has 3 heteroatoms. The first-order valence-corrected chi connectivity index (χ1v) is 6.68. The van der Waals surface area contributed by atoms with Crippen LogP contribution in [0.5, 0.6) is 0 Å². The number of aromatic nitrogens is 2. The zero-order chi connectivity index (χ0) is 13.3. The second-order valence-electron chi connectivity index (χ2n) is 4.65. The van der Waals surface area contributed by atoms with Crippen LogP contribution in [0.3, 0.4) is 0 Å². The summed E-state index contributed by atoms with van der Waals surface area (Å²) in [5.41, 5.74) is 7.10. The van der Waals surface area contributed by atoms with E-state index < -0.39 is 0 Å². The first-order valence-electron chi connectivity index (χ1n) is 6.05. The fraction of sp³-hybridized carbons (Fsp3) is 0.333. The van der Waals surface area contributed by atoms with Crippen molar-refractivity contribution < 1.29 is 0 Å². The van der Waals surface area contributed by atoms with Crippen LogP contribution in [0.25, 0.3) is 11.3 Å². The molecule has 1 aromatic carbocycles. The van der Waals surface area contributed by atoms with E-state index in [4.69, 9.17) is 0 Å². The molecule has 0 bridgehead atoms. The molecule has 0 amide bonds. The summed E-state index contributed by atoms with van der Waals surface area (Å²) < 4.78 is 0. The van der Waals surface area contributed by atoms with Gasteiger partial charge in [0.25, 0.3) is 0 Å². The molecular weight excluding hydrogens is 240 g/mol. The molecule has 1 heterocycles. The Labute approximate surface area is 114 Å². The van der Waals surface area contributed by atoms with Crippen molar-refractivity contribution in [1.82, 2.24) is 9.97 Å². The van der Waals surface area contributed by atoms with E-state index in [1.54, 1.807) is 0 Å². The Balaban J connectivity index is 2.62. The summed E-state index contributed by atoms with van der Waals surface area (Å²) in [7, 11) is 0. The normalized spacial score (nSPS) is 10.7. The zero-order valence-electron chi connectivity index (χ0n) is 11.3. The molecule has 0 saturated heterocycles. The van der Waals surface area contributed by atoms with Crippen LogP contribution in [0.2, 0.25) is 0 Å². The summed E-state index contributed by atoms with van der Waals surface area (Å²) in [6, 6.07) is 6.32. The van der Waals surface area contributed by atoms with Gasteiger partial charge in [-0.15, -0.1) is 0 Å². The number of benzene rings is 1. The first kappa shape index (κ1) is 13.1. The summed E-state index contributed by atoms with van der Waals surface area (Å²) in [5, 5.41) is 0. The quantitative estimate of drug-likeness (QED) is 0.829. The van der Waals surface area contributed by atoms with Crippen molar-refractivity contribution in [2.45, 2.75) is 33.4 Å². The summed E-state index contributed by atoms with van der Waals surface area (Å²) in [5.74, 6) is 1.35. The third-order valence-corrected chi connectivity index (χ3v) is 3.66. The maximum absolute atomic E-state index is 4.57. The van der Waals surface area contributed by atoms with Gasteiger partial charge in [0.2, 0.25) is 0 Å². The second-order valence-corrected chi connectivity index (χ2v) is 4.97. The van der Waals surface area contributed by atoms with E-state index in [2.05, 4.69) is 55.5 Å². The van der Waals surface area contributed by atoms with E-state index in [9.17, 15) is 0 Å². The van der Waals surface area contributed by atoms with E-state index in [1.165, 1.54) is 22.3 Å². The molecule has 0 aliphatic rings. The van der Waals surface area contributed by atoms with E-state index >= 15 is 0 Å². The molecule has 94 valence electrons. The molecule has 0 unspecified atom stereocenters. The molecule has 0 saturated carbocycles. The average Bonchev–Trinajstić information content (AvgIpc) is 2.35. The largest absolute Gasteiger partial charge is 0.237 e. The van der Waals surface area contributed by atoms with Crippen LogP contribution in [0.4, 0.5) is 0 Å². The third-order valence-electron chi connectivity index (χ3n) is 3.38. The number of nitrogens with zero attached hydrogens (tertiary/aromatic N) is 2. The smallest absolute Gasteiger partial charge is 0.138 e. The van der Waals surface area contributed by atoms with E-state index in [1.807, 2.05) is 13.0 Å². The van der Waals surface area contributed by atoms with Gasteiger partial charge in [0.15, 0.2) is 0 Å². The molecule has 2 nitrogen and oxygen atoms in total. The standard InChI is InChI=1S/C15H18N2S/c1-9-5-6-13(12(4)11(9)3)14-7-10(2)16-15(8-18)17-14/h5-7,18H,8H2,1-4H3. The van der Waals surface area contributed by atoms with Crippen LogP contribution in [-0.2, 0) is 5.75 Å². The predicted molar refractivity (Wildman–Crippen MR) is 79.1 cm³/mol. The molecule has 0 atom stereocenters. The highest BCUT2D eigenvalue weighted by Crippen LogP contribution is 2.26. The number of hydrogen-bond acceptors (Lipinski definition) is 3. The molecule has 0 spiro atoms. The summed E-state index contributed by atoms with van der Waals surface area (Å²) in [4.78, 5) is 8.93. The fourth-order valence-electron chi connectivity index (χ4n) is 2.07. The number of rotatable bonds is 2. The van der Waals surface area contributed by atoms with E-state index in [0.29, 0.717) is 5.75 Å². The maximum Gasteiger partial charge on any atom is 0.138 e. The lowest BCUT2D eigenvalue weighted by Crippen LogP contribution is -1.99. The van der Waals surface area contributed by atoms with Crippen molar-refractivity contribution in [1.29, 1.82) is 0 Å². The number of aryl methyl sites for hydroxylation is 2. The van der Waals surface area contributed by atoms with Crippen molar-refractivity contribution in [3.8, 4) is 11.3 Å². The SMILES string of the molecule is Cc1cc(-c2ccc(C)c(C)c2C)nc(CS)n1. The summed E-state index contributed by atoms with van der Waals surface area (Å²) >= 11 is 4.25. The van der Waals surface area contributed by atoms with Gasteiger partial charge in [-0.05, 0) is 50.5 Å². The lowest BCUT2D eigenvalue weighted by atomic mass is 9.96. The Kier molecular flexibility index (Phi) is 3.71. The predicted octanol–water partition coefficient (Wildman–Crippen LogP) is 3.81. The minimum absolute atomic E-state index is 0.568. The third kappa shape index (κ3) is 2.41. The van der Waals surface area contributed by atoms with Gasteiger partial charge in [-0.1, -0.05) is 12.1 Å².